The lowest BCUT2D eigenvalue weighted by molar-refractivity contribution is 0.0789. The smallest absolute Gasteiger partial charge is 0.255 e. The second-order valence-electron chi connectivity index (χ2n) is 6.73. The highest BCUT2D eigenvalue weighted by molar-refractivity contribution is 5.95. The quantitative estimate of drug-likeness (QED) is 0.828. The summed E-state index contributed by atoms with van der Waals surface area (Å²) in [6.07, 6.45) is 3.08. The number of pyridine rings is 1. The van der Waals surface area contributed by atoms with Gasteiger partial charge >= 0.3 is 0 Å². The minimum Gasteiger partial charge on any atom is -0.391 e. The summed E-state index contributed by atoms with van der Waals surface area (Å²) in [6, 6.07) is 9.19. The molecule has 2 heterocycles. The van der Waals surface area contributed by atoms with Gasteiger partial charge in [-0.3, -0.25) is 9.78 Å². The number of halogens is 1. The van der Waals surface area contributed by atoms with Crippen LogP contribution in [0.3, 0.4) is 0 Å². The predicted octanol–water partition coefficient (Wildman–Crippen LogP) is 1.93. The molecule has 3 rings (SSSR count). The molecule has 1 saturated heterocycles. The largest absolute Gasteiger partial charge is 0.391 e. The number of carbonyl (C=O) groups excluding carboxylic acids is 1. The van der Waals surface area contributed by atoms with Crippen molar-refractivity contribution in [1.82, 2.24) is 9.88 Å². The first kappa shape index (κ1) is 18.5. The summed E-state index contributed by atoms with van der Waals surface area (Å²) in [7, 11) is 0. The second kappa shape index (κ2) is 8.38. The van der Waals surface area contributed by atoms with Crippen LogP contribution in [0.15, 0.2) is 42.6 Å². The Morgan fingerprint density at radius 2 is 1.92 bits per heavy atom. The second-order valence-corrected chi connectivity index (χ2v) is 6.73. The van der Waals surface area contributed by atoms with Crippen LogP contribution in [0.5, 0.6) is 0 Å². The molecule has 2 atom stereocenters. The van der Waals surface area contributed by atoms with Gasteiger partial charge in [-0.25, -0.2) is 4.39 Å². The average Bonchev–Trinajstić information content (AvgIpc) is 3.18. The van der Waals surface area contributed by atoms with E-state index in [1.165, 1.54) is 6.07 Å². The van der Waals surface area contributed by atoms with Gasteiger partial charge in [-0.1, -0.05) is 18.2 Å². The number of aromatic nitrogens is 1. The Balaban J connectivity index is 1.70. The van der Waals surface area contributed by atoms with Gasteiger partial charge in [0.05, 0.1) is 17.4 Å². The molecule has 2 unspecified atom stereocenters. The van der Waals surface area contributed by atoms with E-state index in [0.717, 1.165) is 25.9 Å². The standard InChI is InChI=1S/C20H24FN3O2/c21-16-8-2-1-6-14(16)12-17(22)19(25)13-18-15(7-5-9-23-18)20(26)24-10-3-4-11-24/h1-2,5-9,17,19,25H,3-4,10-13,22H2. The number of likely N-dealkylation sites (tertiary alicyclic amines) is 1. The van der Waals surface area contributed by atoms with Gasteiger partial charge in [-0.15, -0.1) is 0 Å². The summed E-state index contributed by atoms with van der Waals surface area (Å²) in [5, 5.41) is 10.5. The number of nitrogens with zero attached hydrogens (tertiary/aromatic N) is 2. The molecule has 138 valence electrons. The van der Waals surface area contributed by atoms with Crippen LogP contribution in [0.2, 0.25) is 0 Å². The van der Waals surface area contributed by atoms with Crippen LogP contribution < -0.4 is 5.73 Å². The van der Waals surface area contributed by atoms with Gasteiger partial charge in [0.25, 0.3) is 5.91 Å². The van der Waals surface area contributed by atoms with Gasteiger partial charge in [-0.2, -0.15) is 0 Å². The molecule has 5 nitrogen and oxygen atoms in total. The number of carbonyl (C=O) groups is 1. The van der Waals surface area contributed by atoms with Crippen molar-refractivity contribution in [1.29, 1.82) is 0 Å². The molecule has 0 aliphatic carbocycles. The molecular weight excluding hydrogens is 333 g/mol. The van der Waals surface area contributed by atoms with Crippen molar-refractivity contribution < 1.29 is 14.3 Å². The summed E-state index contributed by atoms with van der Waals surface area (Å²) < 4.78 is 13.8. The molecule has 2 aromatic rings. The number of aliphatic hydroxyl groups is 1. The van der Waals surface area contributed by atoms with E-state index < -0.39 is 12.1 Å². The fourth-order valence-corrected chi connectivity index (χ4v) is 3.29. The van der Waals surface area contributed by atoms with Gasteiger partial charge in [0.15, 0.2) is 0 Å². The van der Waals surface area contributed by atoms with Crippen molar-refractivity contribution >= 4 is 5.91 Å². The Kier molecular flexibility index (Phi) is 5.96. The molecule has 0 spiro atoms. The van der Waals surface area contributed by atoms with E-state index in [-0.39, 0.29) is 24.6 Å². The van der Waals surface area contributed by atoms with Crippen LogP contribution in [0.25, 0.3) is 0 Å². The third-order valence-electron chi connectivity index (χ3n) is 4.82. The van der Waals surface area contributed by atoms with Crippen molar-refractivity contribution in [3.8, 4) is 0 Å². The van der Waals surface area contributed by atoms with Gasteiger partial charge in [0.2, 0.25) is 0 Å². The highest BCUT2D eigenvalue weighted by Crippen LogP contribution is 2.17. The van der Waals surface area contributed by atoms with E-state index >= 15 is 0 Å². The molecule has 3 N–H and O–H groups in total. The average molecular weight is 357 g/mol. The normalized spacial score (nSPS) is 16.5. The van der Waals surface area contributed by atoms with E-state index in [9.17, 15) is 14.3 Å². The molecule has 6 heteroatoms. The SMILES string of the molecule is NC(Cc1ccccc1F)C(O)Cc1ncccc1C(=O)N1CCCC1. The zero-order valence-electron chi connectivity index (χ0n) is 14.6. The number of amides is 1. The zero-order valence-corrected chi connectivity index (χ0v) is 14.6. The van der Waals surface area contributed by atoms with E-state index in [4.69, 9.17) is 5.73 Å². The number of hydrogen-bond donors (Lipinski definition) is 2. The molecule has 1 amide bonds. The maximum absolute atomic E-state index is 13.8. The summed E-state index contributed by atoms with van der Waals surface area (Å²) >= 11 is 0. The Morgan fingerprint density at radius 3 is 2.65 bits per heavy atom. The molecule has 0 saturated carbocycles. The molecule has 1 aliphatic rings. The molecule has 26 heavy (non-hydrogen) atoms. The van der Waals surface area contributed by atoms with Crippen LogP contribution in [0.1, 0.15) is 34.5 Å². The lowest BCUT2D eigenvalue weighted by atomic mass is 9.97. The molecule has 1 aromatic carbocycles. The van der Waals surface area contributed by atoms with E-state index in [1.54, 1.807) is 36.5 Å². The van der Waals surface area contributed by atoms with Crippen molar-refractivity contribution in [2.24, 2.45) is 5.73 Å². The minimum atomic E-state index is -0.922. The maximum Gasteiger partial charge on any atom is 0.255 e. The van der Waals surface area contributed by atoms with Gasteiger partial charge in [-0.05, 0) is 43.0 Å². The van der Waals surface area contributed by atoms with Gasteiger partial charge in [0.1, 0.15) is 5.82 Å². The summed E-state index contributed by atoms with van der Waals surface area (Å²) in [4.78, 5) is 18.8. The Bertz CT molecular complexity index is 762. The topological polar surface area (TPSA) is 79.5 Å². The lowest BCUT2D eigenvalue weighted by Crippen LogP contribution is -2.39. The highest BCUT2D eigenvalue weighted by Gasteiger charge is 2.25. The monoisotopic (exact) mass is 357 g/mol. The third-order valence-corrected chi connectivity index (χ3v) is 4.82. The number of hydrogen-bond acceptors (Lipinski definition) is 4. The highest BCUT2D eigenvalue weighted by atomic mass is 19.1. The van der Waals surface area contributed by atoms with Crippen LogP contribution in [-0.2, 0) is 12.8 Å². The summed E-state index contributed by atoms with van der Waals surface area (Å²) in [5.74, 6) is -0.390. The summed E-state index contributed by atoms with van der Waals surface area (Å²) in [6.45, 7) is 1.50. The summed E-state index contributed by atoms with van der Waals surface area (Å²) in [5.41, 5.74) is 7.58. The molecule has 0 bridgehead atoms. The van der Waals surface area contributed by atoms with Gasteiger partial charge < -0.3 is 15.7 Å². The van der Waals surface area contributed by atoms with Crippen LogP contribution >= 0.6 is 0 Å². The molecule has 1 aliphatic heterocycles. The maximum atomic E-state index is 13.8. The van der Waals surface area contributed by atoms with Crippen molar-refractivity contribution in [2.45, 2.75) is 37.8 Å². The van der Waals surface area contributed by atoms with Crippen LogP contribution in [0.4, 0.5) is 4.39 Å². The molecule has 0 radical (unpaired) electrons. The molecule has 1 aromatic heterocycles. The number of nitrogens with two attached hydrogens (primary N) is 1. The number of benzene rings is 1. The van der Waals surface area contributed by atoms with E-state index in [0.29, 0.717) is 16.8 Å². The van der Waals surface area contributed by atoms with Crippen molar-refractivity contribution in [3.63, 3.8) is 0 Å². The van der Waals surface area contributed by atoms with Crippen molar-refractivity contribution in [3.05, 3.63) is 65.2 Å². The fourth-order valence-electron chi connectivity index (χ4n) is 3.29. The van der Waals surface area contributed by atoms with Crippen LogP contribution in [0, 0.1) is 5.82 Å². The first-order chi connectivity index (χ1) is 12.6. The third kappa shape index (κ3) is 4.26. The number of rotatable bonds is 6. The molecule has 1 fully saturated rings. The lowest BCUT2D eigenvalue weighted by Gasteiger charge is -2.21. The predicted molar refractivity (Wildman–Crippen MR) is 97.2 cm³/mol. The van der Waals surface area contributed by atoms with Crippen LogP contribution in [-0.4, -0.2) is 46.1 Å². The molecular formula is C20H24FN3O2. The van der Waals surface area contributed by atoms with Crippen molar-refractivity contribution in [2.75, 3.05) is 13.1 Å². The minimum absolute atomic E-state index is 0.0551. The first-order valence-corrected chi connectivity index (χ1v) is 8.96. The Hall–Kier alpha value is -2.31. The Morgan fingerprint density at radius 1 is 1.19 bits per heavy atom. The number of aliphatic hydroxyl groups excluding tert-OH is 1. The van der Waals surface area contributed by atoms with Gasteiger partial charge in [0, 0.05) is 31.7 Å². The Labute approximate surface area is 152 Å². The van der Waals surface area contributed by atoms with E-state index in [2.05, 4.69) is 4.98 Å². The fraction of sp³-hybridized carbons (Fsp3) is 0.400. The zero-order chi connectivity index (χ0) is 18.5. The van der Waals surface area contributed by atoms with E-state index in [1.807, 2.05) is 4.90 Å². The first-order valence-electron chi connectivity index (χ1n) is 8.96.